The lowest BCUT2D eigenvalue weighted by atomic mass is 10.1. The Labute approximate surface area is 66.3 Å². The lowest BCUT2D eigenvalue weighted by molar-refractivity contribution is 0.209. The van der Waals surface area contributed by atoms with Crippen LogP contribution < -0.4 is 0 Å². The van der Waals surface area contributed by atoms with Crippen LogP contribution in [0.25, 0.3) is 0 Å². The van der Waals surface area contributed by atoms with E-state index in [2.05, 4.69) is 0 Å². The van der Waals surface area contributed by atoms with Gasteiger partial charge in [-0.3, -0.25) is 0 Å². The van der Waals surface area contributed by atoms with Crippen molar-refractivity contribution in [1.29, 1.82) is 0 Å². The normalized spacial score (nSPS) is 18.3. The summed E-state index contributed by atoms with van der Waals surface area (Å²) in [5.41, 5.74) is 0.727. The van der Waals surface area contributed by atoms with Crippen LogP contribution >= 0.6 is 0 Å². The molecule has 0 amide bonds. The summed E-state index contributed by atoms with van der Waals surface area (Å²) in [4.78, 5) is 12.3. The van der Waals surface area contributed by atoms with Crippen LogP contribution in [0.2, 0.25) is 0 Å². The number of hydrogen-bond acceptors (Lipinski definition) is 3. The van der Waals surface area contributed by atoms with E-state index in [-0.39, 0.29) is 6.61 Å². The molecule has 0 aliphatic carbocycles. The highest BCUT2D eigenvalue weighted by atomic mass is 16.3. The van der Waals surface area contributed by atoms with Gasteiger partial charge in [-0.15, -0.1) is 0 Å². The summed E-state index contributed by atoms with van der Waals surface area (Å²) in [6, 6.07) is 0. The van der Waals surface area contributed by atoms with Crippen molar-refractivity contribution < 1.29 is 9.90 Å². The summed E-state index contributed by atoms with van der Waals surface area (Å²) in [6.07, 6.45) is 3.02. The topological polar surface area (TPSA) is 40.5 Å². The second-order valence-electron chi connectivity index (χ2n) is 2.72. The van der Waals surface area contributed by atoms with Gasteiger partial charge >= 0.3 is 0 Å². The second kappa shape index (κ2) is 4.16. The first-order valence-electron chi connectivity index (χ1n) is 3.98. The van der Waals surface area contributed by atoms with Crippen molar-refractivity contribution in [3.8, 4) is 0 Å². The number of aliphatic hydroxyl groups is 1. The lowest BCUT2D eigenvalue weighted by Crippen LogP contribution is -2.30. The van der Waals surface area contributed by atoms with Gasteiger partial charge in [0.25, 0.3) is 0 Å². The van der Waals surface area contributed by atoms with Crippen LogP contribution in [-0.4, -0.2) is 35.6 Å². The van der Waals surface area contributed by atoms with E-state index in [1.54, 1.807) is 0 Å². The van der Waals surface area contributed by atoms with Crippen LogP contribution in [0.1, 0.15) is 19.3 Å². The smallest absolute Gasteiger partial charge is 0.145 e. The Morgan fingerprint density at radius 1 is 1.55 bits per heavy atom. The molecule has 1 fully saturated rings. The molecule has 0 spiro atoms. The fraction of sp³-hybridized carbons (Fsp3) is 0.750. The Kier molecular flexibility index (Phi) is 3.14. The first kappa shape index (κ1) is 8.31. The molecule has 0 atom stereocenters. The molecule has 1 aliphatic heterocycles. The Bertz CT molecular complexity index is 171. The Morgan fingerprint density at radius 3 is 3.00 bits per heavy atom. The monoisotopic (exact) mass is 155 g/mol. The summed E-state index contributed by atoms with van der Waals surface area (Å²) >= 11 is 0. The van der Waals surface area contributed by atoms with Crippen molar-refractivity contribution in [2.45, 2.75) is 19.3 Å². The predicted molar refractivity (Wildman–Crippen MR) is 41.7 cm³/mol. The minimum absolute atomic E-state index is 0.116. The number of carbonyl (C=O) groups excluding carboxylic acids is 1. The first-order valence-corrected chi connectivity index (χ1v) is 3.98. The standard InChI is InChI=1S/C8H13NO2/c10-6-5-9-4-2-1-3-8(9)7-11/h10H,1-6H2. The van der Waals surface area contributed by atoms with Gasteiger partial charge in [0, 0.05) is 13.1 Å². The lowest BCUT2D eigenvalue weighted by Gasteiger charge is -2.28. The number of piperidine rings is 1. The molecule has 11 heavy (non-hydrogen) atoms. The Hall–Kier alpha value is -0.790. The number of β-amino-alcohol motifs (C(OH)–C–C–N with tert-alkyl or cyclic N) is 1. The SMILES string of the molecule is O=C=C1CCCCN1CCO. The average molecular weight is 155 g/mol. The fourth-order valence-electron chi connectivity index (χ4n) is 1.37. The molecule has 3 heteroatoms. The van der Waals surface area contributed by atoms with Crippen molar-refractivity contribution in [1.82, 2.24) is 4.90 Å². The van der Waals surface area contributed by atoms with E-state index in [1.165, 1.54) is 0 Å². The molecule has 1 aliphatic rings. The van der Waals surface area contributed by atoms with Crippen molar-refractivity contribution in [2.24, 2.45) is 0 Å². The zero-order chi connectivity index (χ0) is 8.10. The van der Waals surface area contributed by atoms with Crippen molar-refractivity contribution in [3.63, 3.8) is 0 Å². The van der Waals surface area contributed by atoms with E-state index < -0.39 is 0 Å². The maximum atomic E-state index is 10.4. The van der Waals surface area contributed by atoms with E-state index in [1.807, 2.05) is 10.8 Å². The molecular formula is C8H13NO2. The quantitative estimate of drug-likeness (QED) is 0.578. The Balaban J connectivity index is 2.52. The third-order valence-corrected chi connectivity index (χ3v) is 1.96. The molecule has 0 unspecified atom stereocenters. The summed E-state index contributed by atoms with van der Waals surface area (Å²) in [7, 11) is 0. The molecular weight excluding hydrogens is 142 g/mol. The third-order valence-electron chi connectivity index (χ3n) is 1.96. The van der Waals surface area contributed by atoms with Crippen molar-refractivity contribution in [2.75, 3.05) is 19.7 Å². The second-order valence-corrected chi connectivity index (χ2v) is 2.72. The average Bonchev–Trinajstić information content (AvgIpc) is 2.06. The predicted octanol–water partition coefficient (Wildman–Crippen LogP) is 0.180. The van der Waals surface area contributed by atoms with Crippen LogP contribution in [-0.2, 0) is 4.79 Å². The van der Waals surface area contributed by atoms with Gasteiger partial charge < -0.3 is 10.0 Å². The molecule has 62 valence electrons. The molecule has 1 heterocycles. The Morgan fingerprint density at radius 2 is 2.36 bits per heavy atom. The minimum atomic E-state index is 0.116. The van der Waals surface area contributed by atoms with Crippen LogP contribution in [0.4, 0.5) is 0 Å². The highest BCUT2D eigenvalue weighted by Crippen LogP contribution is 2.16. The van der Waals surface area contributed by atoms with E-state index in [0.717, 1.165) is 31.5 Å². The number of allylic oxidation sites excluding steroid dienone is 1. The summed E-state index contributed by atoms with van der Waals surface area (Å²) in [6.45, 7) is 1.58. The highest BCUT2D eigenvalue weighted by molar-refractivity contribution is 5.51. The van der Waals surface area contributed by atoms with Gasteiger partial charge in [0.2, 0.25) is 0 Å². The number of hydrogen-bond donors (Lipinski definition) is 1. The van der Waals surface area contributed by atoms with Crippen molar-refractivity contribution >= 4 is 5.94 Å². The van der Waals surface area contributed by atoms with Crippen LogP contribution in [0.3, 0.4) is 0 Å². The maximum absolute atomic E-state index is 10.4. The molecule has 3 nitrogen and oxygen atoms in total. The zero-order valence-corrected chi connectivity index (χ0v) is 6.55. The van der Waals surface area contributed by atoms with Gasteiger partial charge in [0.1, 0.15) is 5.94 Å². The third kappa shape index (κ3) is 2.07. The zero-order valence-electron chi connectivity index (χ0n) is 6.55. The molecule has 0 saturated carbocycles. The summed E-state index contributed by atoms with van der Waals surface area (Å²) in [5.74, 6) is 1.92. The molecule has 0 bridgehead atoms. The number of rotatable bonds is 2. The van der Waals surface area contributed by atoms with E-state index in [4.69, 9.17) is 5.11 Å². The van der Waals surface area contributed by atoms with E-state index in [0.29, 0.717) is 6.54 Å². The van der Waals surface area contributed by atoms with Crippen molar-refractivity contribution in [3.05, 3.63) is 5.70 Å². The van der Waals surface area contributed by atoms with Crippen LogP contribution in [0.5, 0.6) is 0 Å². The molecule has 1 N–H and O–H groups in total. The van der Waals surface area contributed by atoms with Gasteiger partial charge in [-0.05, 0) is 19.3 Å². The number of likely N-dealkylation sites (tertiary alicyclic amines) is 1. The maximum Gasteiger partial charge on any atom is 0.145 e. The molecule has 1 saturated heterocycles. The number of nitrogens with zero attached hydrogens (tertiary/aromatic N) is 1. The summed E-state index contributed by atoms with van der Waals surface area (Å²) in [5, 5.41) is 8.65. The highest BCUT2D eigenvalue weighted by Gasteiger charge is 2.14. The molecule has 0 radical (unpaired) electrons. The summed E-state index contributed by atoms with van der Waals surface area (Å²) < 4.78 is 0. The molecule has 0 aromatic heterocycles. The molecule has 0 aromatic rings. The van der Waals surface area contributed by atoms with Crippen LogP contribution in [0.15, 0.2) is 5.70 Å². The van der Waals surface area contributed by atoms with Gasteiger partial charge in [0.05, 0.1) is 12.3 Å². The van der Waals surface area contributed by atoms with Gasteiger partial charge in [-0.1, -0.05) is 0 Å². The molecule has 1 rings (SSSR count). The number of aliphatic hydroxyl groups excluding tert-OH is 1. The van der Waals surface area contributed by atoms with Gasteiger partial charge in [0.15, 0.2) is 0 Å². The van der Waals surface area contributed by atoms with Gasteiger partial charge in [-0.2, -0.15) is 0 Å². The van der Waals surface area contributed by atoms with Gasteiger partial charge in [-0.25, -0.2) is 4.79 Å². The van der Waals surface area contributed by atoms with Crippen LogP contribution in [0, 0.1) is 0 Å². The largest absolute Gasteiger partial charge is 0.395 e. The molecule has 0 aromatic carbocycles. The van der Waals surface area contributed by atoms with E-state index in [9.17, 15) is 4.79 Å². The fourth-order valence-corrected chi connectivity index (χ4v) is 1.37. The minimum Gasteiger partial charge on any atom is -0.395 e. The first-order chi connectivity index (χ1) is 5.38. The van der Waals surface area contributed by atoms with E-state index >= 15 is 0 Å².